The molecular weight excluding hydrogens is 499 g/mol. The quantitative estimate of drug-likeness (QED) is 0.218. The molecule has 1 N–H and O–H groups in total. The number of benzene rings is 4. The van der Waals surface area contributed by atoms with Crippen molar-refractivity contribution in [1.82, 2.24) is 10.2 Å². The lowest BCUT2D eigenvalue weighted by molar-refractivity contribution is -0.141. The molecule has 0 saturated carbocycles. The van der Waals surface area contributed by atoms with E-state index in [1.165, 1.54) is 6.07 Å². The van der Waals surface area contributed by atoms with Crippen molar-refractivity contribution in [2.45, 2.75) is 45.2 Å². The van der Waals surface area contributed by atoms with Gasteiger partial charge in [0.25, 0.3) is 0 Å². The van der Waals surface area contributed by atoms with E-state index >= 15 is 0 Å². The molecular formula is C35H37FN2O2. The van der Waals surface area contributed by atoms with Crippen LogP contribution in [0.1, 0.15) is 48.4 Å². The lowest BCUT2D eigenvalue weighted by Gasteiger charge is -2.33. The molecule has 2 amide bonds. The van der Waals surface area contributed by atoms with Crippen LogP contribution in [0, 0.1) is 11.7 Å². The van der Waals surface area contributed by atoms with Crippen LogP contribution in [0.2, 0.25) is 0 Å². The topological polar surface area (TPSA) is 49.4 Å². The van der Waals surface area contributed by atoms with Crippen molar-refractivity contribution in [1.29, 1.82) is 0 Å². The van der Waals surface area contributed by atoms with Gasteiger partial charge in [-0.25, -0.2) is 4.39 Å². The number of rotatable bonds is 12. The molecule has 206 valence electrons. The summed E-state index contributed by atoms with van der Waals surface area (Å²) in [7, 11) is 0. The van der Waals surface area contributed by atoms with Crippen molar-refractivity contribution in [3.8, 4) is 0 Å². The summed E-state index contributed by atoms with van der Waals surface area (Å²) in [6.45, 7) is 4.54. The standard InChI is InChI=1S/C35H37FN2O2/c1-26(2)24-37-35(40)33(22-27-14-6-3-7-15-27)38(25-30-20-12-13-21-32(30)36)34(39)23-31(28-16-8-4-9-17-28)29-18-10-5-11-19-29/h3-21,26,31,33H,22-25H2,1-2H3,(H,37,40)/t33-/m0/s1. The van der Waals surface area contributed by atoms with Crippen LogP contribution in [-0.2, 0) is 22.6 Å². The van der Waals surface area contributed by atoms with Gasteiger partial charge in [-0.3, -0.25) is 9.59 Å². The maximum atomic E-state index is 14.9. The van der Waals surface area contributed by atoms with E-state index in [2.05, 4.69) is 5.32 Å². The molecule has 0 bridgehead atoms. The van der Waals surface area contributed by atoms with E-state index in [-0.39, 0.29) is 36.6 Å². The van der Waals surface area contributed by atoms with Gasteiger partial charge in [-0.15, -0.1) is 0 Å². The third kappa shape index (κ3) is 7.89. The summed E-state index contributed by atoms with van der Waals surface area (Å²) in [5.74, 6) is -0.810. The summed E-state index contributed by atoms with van der Waals surface area (Å²) < 4.78 is 14.9. The lowest BCUT2D eigenvalue weighted by Crippen LogP contribution is -2.51. The SMILES string of the molecule is CC(C)CNC(=O)[C@H](Cc1ccccc1)N(Cc1ccccc1F)C(=O)CC(c1ccccc1)c1ccccc1. The zero-order valence-corrected chi connectivity index (χ0v) is 23.2. The molecule has 4 nitrogen and oxygen atoms in total. The predicted molar refractivity (Wildman–Crippen MR) is 158 cm³/mol. The Labute approximate surface area is 236 Å². The van der Waals surface area contributed by atoms with Crippen LogP contribution in [-0.4, -0.2) is 29.3 Å². The number of amides is 2. The molecule has 0 aliphatic heterocycles. The van der Waals surface area contributed by atoms with Gasteiger partial charge in [0.05, 0.1) is 0 Å². The Kier molecular flexibility index (Phi) is 10.2. The molecule has 1 atom stereocenters. The number of hydrogen-bond acceptors (Lipinski definition) is 2. The monoisotopic (exact) mass is 536 g/mol. The minimum absolute atomic E-state index is 0.00555. The fourth-order valence-corrected chi connectivity index (χ4v) is 4.88. The van der Waals surface area contributed by atoms with Gasteiger partial charge in [0.15, 0.2) is 0 Å². The largest absolute Gasteiger partial charge is 0.354 e. The molecule has 4 aromatic carbocycles. The van der Waals surface area contributed by atoms with E-state index in [1.54, 1.807) is 23.1 Å². The highest BCUT2D eigenvalue weighted by Gasteiger charge is 2.32. The summed E-state index contributed by atoms with van der Waals surface area (Å²) in [6, 6.07) is 35.1. The number of hydrogen-bond donors (Lipinski definition) is 1. The molecule has 5 heteroatoms. The van der Waals surface area contributed by atoms with Crippen molar-refractivity contribution in [2.75, 3.05) is 6.54 Å². The van der Waals surface area contributed by atoms with Gasteiger partial charge in [0.1, 0.15) is 11.9 Å². The molecule has 0 aliphatic carbocycles. The highest BCUT2D eigenvalue weighted by molar-refractivity contribution is 5.88. The van der Waals surface area contributed by atoms with Crippen molar-refractivity contribution >= 4 is 11.8 Å². The highest BCUT2D eigenvalue weighted by Crippen LogP contribution is 2.30. The van der Waals surface area contributed by atoms with Crippen LogP contribution < -0.4 is 5.32 Å². The Morgan fingerprint density at radius 2 is 1.27 bits per heavy atom. The summed E-state index contributed by atoms with van der Waals surface area (Å²) in [5.41, 5.74) is 3.33. The van der Waals surface area contributed by atoms with Gasteiger partial charge in [-0.05, 0) is 28.7 Å². The fraction of sp³-hybridized carbons (Fsp3) is 0.257. The second kappa shape index (κ2) is 14.2. The van der Waals surface area contributed by atoms with Crippen LogP contribution >= 0.6 is 0 Å². The smallest absolute Gasteiger partial charge is 0.243 e. The third-order valence-electron chi connectivity index (χ3n) is 7.04. The molecule has 0 unspecified atom stereocenters. The number of carbonyl (C=O) groups excluding carboxylic acids is 2. The van der Waals surface area contributed by atoms with Crippen molar-refractivity contribution in [3.63, 3.8) is 0 Å². The second-order valence-corrected chi connectivity index (χ2v) is 10.5. The first-order valence-corrected chi connectivity index (χ1v) is 13.9. The van der Waals surface area contributed by atoms with Crippen LogP contribution in [0.5, 0.6) is 0 Å². The summed E-state index contributed by atoms with van der Waals surface area (Å²) in [4.78, 5) is 29.6. The maximum absolute atomic E-state index is 14.9. The molecule has 0 fully saturated rings. The first kappa shape index (κ1) is 28.8. The first-order valence-electron chi connectivity index (χ1n) is 13.9. The fourth-order valence-electron chi connectivity index (χ4n) is 4.88. The molecule has 0 radical (unpaired) electrons. The summed E-state index contributed by atoms with van der Waals surface area (Å²) in [6.07, 6.45) is 0.470. The molecule has 0 heterocycles. The molecule has 0 aromatic heterocycles. The maximum Gasteiger partial charge on any atom is 0.243 e. The Morgan fingerprint density at radius 1 is 0.750 bits per heavy atom. The van der Waals surface area contributed by atoms with E-state index in [4.69, 9.17) is 0 Å². The Hall–Kier alpha value is -4.25. The van der Waals surface area contributed by atoms with Gasteiger partial charge in [0.2, 0.25) is 11.8 Å². The minimum atomic E-state index is -0.805. The second-order valence-electron chi connectivity index (χ2n) is 10.5. The van der Waals surface area contributed by atoms with Crippen molar-refractivity contribution in [3.05, 3.63) is 143 Å². The number of carbonyl (C=O) groups is 2. The highest BCUT2D eigenvalue weighted by atomic mass is 19.1. The average Bonchev–Trinajstić information content (AvgIpc) is 2.98. The van der Waals surface area contributed by atoms with Crippen LogP contribution in [0.4, 0.5) is 4.39 Å². The Bertz CT molecular complexity index is 1320. The van der Waals surface area contributed by atoms with Crippen molar-refractivity contribution < 1.29 is 14.0 Å². The van der Waals surface area contributed by atoms with E-state index < -0.39 is 11.9 Å². The minimum Gasteiger partial charge on any atom is -0.354 e. The summed E-state index contributed by atoms with van der Waals surface area (Å²) >= 11 is 0. The molecule has 0 aliphatic rings. The first-order chi connectivity index (χ1) is 19.4. The zero-order chi connectivity index (χ0) is 28.3. The van der Waals surface area contributed by atoms with Gasteiger partial charge < -0.3 is 10.2 Å². The predicted octanol–water partition coefficient (Wildman–Crippen LogP) is 6.76. The van der Waals surface area contributed by atoms with Gasteiger partial charge in [-0.1, -0.05) is 123 Å². The van der Waals surface area contributed by atoms with E-state index in [1.807, 2.05) is 105 Å². The number of nitrogens with zero attached hydrogens (tertiary/aromatic N) is 1. The number of halogens is 1. The van der Waals surface area contributed by atoms with Gasteiger partial charge in [0, 0.05) is 37.4 Å². The van der Waals surface area contributed by atoms with E-state index in [9.17, 15) is 14.0 Å². The molecule has 0 spiro atoms. The van der Waals surface area contributed by atoms with Crippen LogP contribution in [0.15, 0.2) is 115 Å². The van der Waals surface area contributed by atoms with Crippen LogP contribution in [0.25, 0.3) is 0 Å². The number of nitrogens with one attached hydrogen (secondary N) is 1. The molecule has 4 rings (SSSR count). The van der Waals surface area contributed by atoms with Gasteiger partial charge in [-0.2, -0.15) is 0 Å². The van der Waals surface area contributed by atoms with Crippen molar-refractivity contribution in [2.24, 2.45) is 5.92 Å². The zero-order valence-electron chi connectivity index (χ0n) is 23.2. The van der Waals surface area contributed by atoms with Gasteiger partial charge >= 0.3 is 0 Å². The van der Waals surface area contributed by atoms with E-state index in [0.29, 0.717) is 18.5 Å². The summed E-state index contributed by atoms with van der Waals surface area (Å²) in [5, 5.41) is 3.03. The normalized spacial score (nSPS) is 11.8. The average molecular weight is 537 g/mol. The van der Waals surface area contributed by atoms with E-state index in [0.717, 1.165) is 16.7 Å². The Morgan fingerprint density at radius 3 is 1.82 bits per heavy atom. The third-order valence-corrected chi connectivity index (χ3v) is 7.04. The molecule has 4 aromatic rings. The Balaban J connectivity index is 1.73. The lowest BCUT2D eigenvalue weighted by atomic mass is 9.87. The molecule has 40 heavy (non-hydrogen) atoms. The van der Waals surface area contributed by atoms with Crippen LogP contribution in [0.3, 0.4) is 0 Å². The molecule has 0 saturated heterocycles.